The fourth-order valence-corrected chi connectivity index (χ4v) is 4.72. The second-order valence-corrected chi connectivity index (χ2v) is 8.74. The first-order valence-corrected chi connectivity index (χ1v) is 11.5. The van der Waals surface area contributed by atoms with Gasteiger partial charge in [-0.15, -0.1) is 0 Å². The van der Waals surface area contributed by atoms with Crippen LogP contribution in [0, 0.1) is 0 Å². The number of benzene rings is 2. The van der Waals surface area contributed by atoms with Crippen LogP contribution in [0.25, 0.3) is 0 Å². The molecule has 3 rings (SSSR count). The second-order valence-electron chi connectivity index (χ2n) is 8.74. The minimum atomic E-state index is -5.13. The van der Waals surface area contributed by atoms with Gasteiger partial charge < -0.3 is 9.47 Å². The monoisotopic (exact) mass is 557 g/mol. The van der Waals surface area contributed by atoms with Gasteiger partial charge >= 0.3 is 24.6 Å². The topological polar surface area (TPSA) is 38.8 Å². The molecule has 3 atom stereocenters. The van der Waals surface area contributed by atoms with Crippen molar-refractivity contribution in [3.63, 3.8) is 0 Å². The van der Waals surface area contributed by atoms with E-state index in [-0.39, 0.29) is 36.8 Å². The van der Waals surface area contributed by atoms with E-state index in [1.54, 1.807) is 6.92 Å². The molecule has 0 spiro atoms. The minimum Gasteiger partial charge on any atom is -0.449 e. The number of amides is 1. The first-order valence-electron chi connectivity index (χ1n) is 11.5. The Kier molecular flexibility index (Phi) is 8.30. The van der Waals surface area contributed by atoms with E-state index in [0.29, 0.717) is 12.1 Å². The summed E-state index contributed by atoms with van der Waals surface area (Å²) in [6.45, 7) is 3.18. The Bertz CT molecular complexity index is 1130. The quantitative estimate of drug-likeness (QED) is 0.347. The summed E-state index contributed by atoms with van der Waals surface area (Å²) in [4.78, 5) is 13.9. The van der Waals surface area contributed by atoms with E-state index in [4.69, 9.17) is 9.47 Å². The van der Waals surface area contributed by atoms with E-state index < -0.39 is 64.9 Å². The largest absolute Gasteiger partial charge is 0.449 e. The van der Waals surface area contributed by atoms with Gasteiger partial charge in [-0.05, 0) is 67.3 Å². The Morgan fingerprint density at radius 1 is 0.895 bits per heavy atom. The molecule has 2 unspecified atom stereocenters. The number of fused-ring (bicyclic) bond motifs is 1. The van der Waals surface area contributed by atoms with E-state index >= 15 is 0 Å². The first-order chi connectivity index (χ1) is 17.5. The molecule has 0 radical (unpaired) electrons. The van der Waals surface area contributed by atoms with Gasteiger partial charge in [0.25, 0.3) is 0 Å². The zero-order valence-corrected chi connectivity index (χ0v) is 20.4. The van der Waals surface area contributed by atoms with Crippen LogP contribution >= 0.6 is 0 Å². The van der Waals surface area contributed by atoms with Crippen molar-refractivity contribution >= 4 is 11.8 Å². The summed E-state index contributed by atoms with van der Waals surface area (Å²) >= 11 is 0. The third-order valence-corrected chi connectivity index (χ3v) is 6.40. The number of hydrogen-bond donors (Lipinski definition) is 0. The van der Waals surface area contributed by atoms with Crippen LogP contribution in [0.5, 0.6) is 0 Å². The number of halogens is 9. The summed E-state index contributed by atoms with van der Waals surface area (Å²) in [5, 5.41) is 0. The maximum Gasteiger partial charge on any atom is 0.416 e. The van der Waals surface area contributed by atoms with E-state index in [2.05, 4.69) is 0 Å². The van der Waals surface area contributed by atoms with Crippen LogP contribution in [0.2, 0.25) is 0 Å². The van der Waals surface area contributed by atoms with Gasteiger partial charge in [0.05, 0.1) is 35.1 Å². The molecule has 210 valence electrons. The average molecular weight is 557 g/mol. The van der Waals surface area contributed by atoms with Crippen molar-refractivity contribution in [1.82, 2.24) is 0 Å². The fraction of sp³-hybridized carbons (Fsp3) is 0.480. The van der Waals surface area contributed by atoms with Gasteiger partial charge in [0.1, 0.15) is 0 Å². The number of ether oxygens (including phenoxy) is 2. The van der Waals surface area contributed by atoms with E-state index in [1.165, 1.54) is 6.92 Å². The highest BCUT2D eigenvalue weighted by molar-refractivity contribution is 5.90. The summed E-state index contributed by atoms with van der Waals surface area (Å²) in [5.41, 5.74) is -4.88. The van der Waals surface area contributed by atoms with Gasteiger partial charge in [-0.1, -0.05) is 6.92 Å². The standard InChI is InChI=1S/C25H24F9NO3/c1-4-17-12-19(18-11-14(23(26,27)28)6-7-20(18)35(17)22(36)38-5-2)21(37-3)13-8-15(24(29,30)31)10-16(9-13)25(32,33)34/h6-11,17,19,21H,4-5,12H2,1-3H3/t17?,19?,21-/m1/s1. The second kappa shape index (κ2) is 10.7. The maximum absolute atomic E-state index is 13.6. The number of carbonyl (C=O) groups is 1. The molecule has 0 N–H and O–H groups in total. The number of anilines is 1. The highest BCUT2D eigenvalue weighted by atomic mass is 19.4. The Labute approximate surface area is 212 Å². The van der Waals surface area contributed by atoms with Gasteiger partial charge in [0, 0.05) is 19.1 Å². The predicted octanol–water partition coefficient (Wildman–Crippen LogP) is 8.36. The molecule has 2 aromatic carbocycles. The van der Waals surface area contributed by atoms with Gasteiger partial charge in [-0.2, -0.15) is 39.5 Å². The Balaban J connectivity index is 2.27. The lowest BCUT2D eigenvalue weighted by Gasteiger charge is -2.42. The van der Waals surface area contributed by atoms with E-state index in [9.17, 15) is 44.3 Å². The van der Waals surface area contributed by atoms with Crippen LogP contribution in [-0.2, 0) is 28.0 Å². The molecule has 0 aromatic heterocycles. The van der Waals surface area contributed by atoms with Crippen molar-refractivity contribution < 1.29 is 53.8 Å². The Hall–Kier alpha value is -2.96. The average Bonchev–Trinajstić information content (AvgIpc) is 2.82. The van der Waals surface area contributed by atoms with Crippen LogP contribution in [0.15, 0.2) is 36.4 Å². The Morgan fingerprint density at radius 3 is 1.89 bits per heavy atom. The smallest absolute Gasteiger partial charge is 0.416 e. The van der Waals surface area contributed by atoms with Gasteiger partial charge in [-0.25, -0.2) is 4.79 Å². The zero-order chi connectivity index (χ0) is 28.6. The van der Waals surface area contributed by atoms with Crippen LogP contribution in [0.3, 0.4) is 0 Å². The van der Waals surface area contributed by atoms with Crippen LogP contribution < -0.4 is 4.90 Å². The summed E-state index contributed by atoms with van der Waals surface area (Å²) in [7, 11) is 1.05. The van der Waals surface area contributed by atoms with Gasteiger partial charge in [-0.3, -0.25) is 4.90 Å². The Morgan fingerprint density at radius 2 is 1.45 bits per heavy atom. The van der Waals surface area contributed by atoms with Crippen molar-refractivity contribution in [1.29, 1.82) is 0 Å². The van der Waals surface area contributed by atoms with Crippen molar-refractivity contribution in [3.8, 4) is 0 Å². The summed E-state index contributed by atoms with van der Waals surface area (Å²) in [6, 6.07) is 2.80. The van der Waals surface area contributed by atoms with Crippen LogP contribution in [-0.4, -0.2) is 25.9 Å². The lowest BCUT2D eigenvalue weighted by atomic mass is 9.78. The molecule has 1 aliphatic rings. The third-order valence-electron chi connectivity index (χ3n) is 6.40. The third kappa shape index (κ3) is 6.02. The molecule has 1 amide bonds. The highest BCUT2D eigenvalue weighted by Crippen LogP contribution is 2.49. The summed E-state index contributed by atoms with van der Waals surface area (Å²) < 4.78 is 132. The van der Waals surface area contributed by atoms with Crippen molar-refractivity contribution in [3.05, 3.63) is 64.2 Å². The predicted molar refractivity (Wildman–Crippen MR) is 119 cm³/mol. The summed E-state index contributed by atoms with van der Waals surface area (Å²) in [5.74, 6) is -1.13. The molecule has 1 heterocycles. The molecule has 13 heteroatoms. The van der Waals surface area contributed by atoms with Crippen LogP contribution in [0.4, 0.5) is 50.0 Å². The molecule has 0 saturated carbocycles. The molecular formula is C25H24F9NO3. The lowest BCUT2D eigenvalue weighted by molar-refractivity contribution is -0.143. The van der Waals surface area contributed by atoms with Crippen molar-refractivity contribution in [2.75, 3.05) is 18.6 Å². The van der Waals surface area contributed by atoms with E-state index in [1.807, 2.05) is 0 Å². The number of alkyl halides is 9. The SMILES string of the molecule is CCOC(=O)N1c2ccc(C(F)(F)F)cc2C([C@H](OC)c2cc(C(F)(F)F)cc(C(F)(F)F)c2)CC1CC. The molecule has 0 aliphatic carbocycles. The van der Waals surface area contributed by atoms with Gasteiger partial charge in [0.15, 0.2) is 0 Å². The fourth-order valence-electron chi connectivity index (χ4n) is 4.72. The molecule has 0 fully saturated rings. The number of carbonyl (C=O) groups excluding carboxylic acids is 1. The first kappa shape index (κ1) is 29.6. The molecule has 0 saturated heterocycles. The van der Waals surface area contributed by atoms with Crippen molar-refractivity contribution in [2.45, 2.75) is 63.3 Å². The highest BCUT2D eigenvalue weighted by Gasteiger charge is 2.44. The zero-order valence-electron chi connectivity index (χ0n) is 20.4. The normalized spacial score (nSPS) is 19.2. The number of methoxy groups -OCH3 is 1. The maximum atomic E-state index is 13.6. The number of hydrogen-bond acceptors (Lipinski definition) is 3. The molecular weight excluding hydrogens is 533 g/mol. The molecule has 1 aliphatic heterocycles. The molecule has 2 aromatic rings. The van der Waals surface area contributed by atoms with Gasteiger partial charge in [0.2, 0.25) is 0 Å². The number of rotatable bonds is 5. The molecule has 38 heavy (non-hydrogen) atoms. The lowest BCUT2D eigenvalue weighted by Crippen LogP contribution is -2.46. The van der Waals surface area contributed by atoms with Crippen molar-refractivity contribution in [2.24, 2.45) is 0 Å². The number of nitrogens with zero attached hydrogens (tertiary/aromatic N) is 1. The summed E-state index contributed by atoms with van der Waals surface area (Å²) in [6.07, 6.45) is -17.3. The molecule has 4 nitrogen and oxygen atoms in total. The van der Waals surface area contributed by atoms with Crippen LogP contribution in [0.1, 0.15) is 66.5 Å². The molecule has 0 bridgehead atoms. The minimum absolute atomic E-state index is 0.00428. The van der Waals surface area contributed by atoms with E-state index in [0.717, 1.165) is 30.2 Å².